The van der Waals surface area contributed by atoms with Crippen LogP contribution in [-0.2, 0) is 4.79 Å². The van der Waals surface area contributed by atoms with Crippen molar-refractivity contribution in [1.29, 1.82) is 0 Å². The van der Waals surface area contributed by atoms with Crippen molar-refractivity contribution in [2.24, 2.45) is 11.8 Å². The molecule has 1 fully saturated rings. The Morgan fingerprint density at radius 2 is 2.05 bits per heavy atom. The lowest BCUT2D eigenvalue weighted by molar-refractivity contribution is -0.123. The van der Waals surface area contributed by atoms with Gasteiger partial charge in [-0.25, -0.2) is 4.39 Å². The van der Waals surface area contributed by atoms with Gasteiger partial charge in [-0.3, -0.25) is 4.79 Å². The molecular formula is C16H21FOS. The van der Waals surface area contributed by atoms with Crippen molar-refractivity contribution in [3.8, 4) is 0 Å². The number of halogens is 1. The van der Waals surface area contributed by atoms with Gasteiger partial charge in [0.2, 0.25) is 0 Å². The number of hydrogen-bond donors (Lipinski definition) is 0. The van der Waals surface area contributed by atoms with E-state index in [1.807, 2.05) is 6.07 Å². The molecule has 1 aromatic carbocycles. The molecule has 104 valence electrons. The summed E-state index contributed by atoms with van der Waals surface area (Å²) in [6.07, 6.45) is 5.70. The minimum atomic E-state index is -0.226. The molecule has 2 atom stereocenters. The first-order valence-electron chi connectivity index (χ1n) is 7.12. The number of Topliss-reactive ketones (excluding diaryl/α,β-unsaturated/α-hetero) is 1. The van der Waals surface area contributed by atoms with Crippen LogP contribution in [0.25, 0.3) is 0 Å². The van der Waals surface area contributed by atoms with E-state index >= 15 is 0 Å². The number of thioether (sulfide) groups is 1. The van der Waals surface area contributed by atoms with Gasteiger partial charge < -0.3 is 0 Å². The number of hydrogen-bond acceptors (Lipinski definition) is 2. The third-order valence-electron chi connectivity index (χ3n) is 4.05. The number of benzene rings is 1. The van der Waals surface area contributed by atoms with E-state index < -0.39 is 0 Å². The van der Waals surface area contributed by atoms with Crippen LogP contribution < -0.4 is 0 Å². The third kappa shape index (κ3) is 3.82. The molecule has 1 aliphatic rings. The van der Waals surface area contributed by atoms with Crippen molar-refractivity contribution in [2.45, 2.75) is 43.9 Å². The summed E-state index contributed by atoms with van der Waals surface area (Å²) in [5, 5.41) is 0. The predicted molar refractivity (Wildman–Crippen MR) is 77.9 cm³/mol. The van der Waals surface area contributed by atoms with Crippen molar-refractivity contribution in [3.05, 3.63) is 30.1 Å². The van der Waals surface area contributed by atoms with Gasteiger partial charge in [-0.1, -0.05) is 38.3 Å². The molecule has 0 bridgehead atoms. The van der Waals surface area contributed by atoms with Crippen LogP contribution in [-0.4, -0.2) is 11.5 Å². The van der Waals surface area contributed by atoms with Crippen molar-refractivity contribution in [2.75, 3.05) is 5.75 Å². The maximum Gasteiger partial charge on any atom is 0.146 e. The standard InChI is InChI=1S/C16H21FOS/c1-2-12-7-3-4-8-13(12)15(18)11-19-16-10-6-5-9-14(16)17/h5-6,9-10,12-13H,2-4,7-8,11H2,1H3. The molecule has 0 aliphatic heterocycles. The first-order chi connectivity index (χ1) is 9.22. The SMILES string of the molecule is CCC1CCCCC1C(=O)CSc1ccccc1F. The highest BCUT2D eigenvalue weighted by atomic mass is 32.2. The summed E-state index contributed by atoms with van der Waals surface area (Å²) in [4.78, 5) is 12.9. The molecule has 0 spiro atoms. The fourth-order valence-corrected chi connectivity index (χ4v) is 3.83. The fourth-order valence-electron chi connectivity index (χ4n) is 2.94. The number of carbonyl (C=O) groups excluding carboxylic acids is 1. The Balaban J connectivity index is 1.92. The smallest absolute Gasteiger partial charge is 0.146 e. The maximum atomic E-state index is 13.5. The number of rotatable bonds is 5. The van der Waals surface area contributed by atoms with Crippen LogP contribution in [0.5, 0.6) is 0 Å². The first kappa shape index (κ1) is 14.6. The Morgan fingerprint density at radius 1 is 1.32 bits per heavy atom. The van der Waals surface area contributed by atoms with E-state index in [9.17, 15) is 9.18 Å². The Labute approximate surface area is 119 Å². The fraction of sp³-hybridized carbons (Fsp3) is 0.562. The average molecular weight is 280 g/mol. The zero-order valence-corrected chi connectivity index (χ0v) is 12.2. The lowest BCUT2D eigenvalue weighted by atomic mass is 9.76. The summed E-state index contributed by atoms with van der Waals surface area (Å²) < 4.78 is 13.5. The Morgan fingerprint density at radius 3 is 2.79 bits per heavy atom. The lowest BCUT2D eigenvalue weighted by Crippen LogP contribution is -2.28. The normalized spacial score (nSPS) is 23.3. The topological polar surface area (TPSA) is 17.1 Å². The second-order valence-electron chi connectivity index (χ2n) is 5.24. The highest BCUT2D eigenvalue weighted by molar-refractivity contribution is 8.00. The van der Waals surface area contributed by atoms with Crippen molar-refractivity contribution >= 4 is 17.5 Å². The monoisotopic (exact) mass is 280 g/mol. The zero-order chi connectivity index (χ0) is 13.7. The first-order valence-corrected chi connectivity index (χ1v) is 8.11. The highest BCUT2D eigenvalue weighted by Gasteiger charge is 2.29. The molecule has 2 rings (SSSR count). The maximum absolute atomic E-state index is 13.5. The summed E-state index contributed by atoms with van der Waals surface area (Å²) in [5.41, 5.74) is 0. The van der Waals surface area contributed by atoms with Gasteiger partial charge in [0.1, 0.15) is 11.6 Å². The molecule has 0 aromatic heterocycles. The minimum absolute atomic E-state index is 0.207. The van der Waals surface area contributed by atoms with E-state index in [4.69, 9.17) is 0 Å². The van der Waals surface area contributed by atoms with Gasteiger partial charge in [-0.2, -0.15) is 0 Å². The molecule has 1 saturated carbocycles. The molecule has 2 unspecified atom stereocenters. The van der Waals surface area contributed by atoms with Crippen LogP contribution in [0.3, 0.4) is 0 Å². The molecule has 19 heavy (non-hydrogen) atoms. The highest BCUT2D eigenvalue weighted by Crippen LogP contribution is 2.34. The zero-order valence-electron chi connectivity index (χ0n) is 11.4. The molecule has 0 heterocycles. The second-order valence-corrected chi connectivity index (χ2v) is 6.26. The van der Waals surface area contributed by atoms with Gasteiger partial charge in [0.05, 0.1) is 5.75 Å². The van der Waals surface area contributed by atoms with Gasteiger partial charge in [0.15, 0.2) is 0 Å². The predicted octanol–water partition coefficient (Wildman–Crippen LogP) is 4.70. The molecule has 0 radical (unpaired) electrons. The van der Waals surface area contributed by atoms with Gasteiger partial charge in [-0.15, -0.1) is 11.8 Å². The van der Waals surface area contributed by atoms with Crippen LogP contribution >= 0.6 is 11.8 Å². The Kier molecular flexibility index (Phi) is 5.44. The molecular weight excluding hydrogens is 259 g/mol. The van der Waals surface area contributed by atoms with E-state index in [1.165, 1.54) is 30.7 Å². The van der Waals surface area contributed by atoms with E-state index in [0.717, 1.165) is 19.3 Å². The quantitative estimate of drug-likeness (QED) is 0.727. The van der Waals surface area contributed by atoms with Crippen molar-refractivity contribution in [1.82, 2.24) is 0 Å². The van der Waals surface area contributed by atoms with Crippen LogP contribution in [0.4, 0.5) is 4.39 Å². The summed E-state index contributed by atoms with van der Waals surface area (Å²) in [6, 6.07) is 6.68. The van der Waals surface area contributed by atoms with E-state index in [2.05, 4.69) is 6.92 Å². The van der Waals surface area contributed by atoms with E-state index in [-0.39, 0.29) is 11.7 Å². The minimum Gasteiger partial charge on any atom is -0.298 e. The molecule has 0 amide bonds. The average Bonchev–Trinajstić information content (AvgIpc) is 2.46. The third-order valence-corrected chi connectivity index (χ3v) is 5.12. The van der Waals surface area contributed by atoms with Crippen molar-refractivity contribution in [3.63, 3.8) is 0 Å². The van der Waals surface area contributed by atoms with E-state index in [0.29, 0.717) is 22.3 Å². The van der Waals surface area contributed by atoms with Crippen molar-refractivity contribution < 1.29 is 9.18 Å². The molecule has 0 saturated heterocycles. The molecule has 1 aliphatic carbocycles. The molecule has 0 N–H and O–H groups in total. The molecule has 1 nitrogen and oxygen atoms in total. The summed E-state index contributed by atoms with van der Waals surface area (Å²) in [6.45, 7) is 2.17. The summed E-state index contributed by atoms with van der Waals surface area (Å²) in [5.74, 6) is 1.23. The second kappa shape index (κ2) is 7.09. The largest absolute Gasteiger partial charge is 0.298 e. The van der Waals surface area contributed by atoms with E-state index in [1.54, 1.807) is 12.1 Å². The number of ketones is 1. The van der Waals surface area contributed by atoms with Crippen LogP contribution in [0.2, 0.25) is 0 Å². The lowest BCUT2D eigenvalue weighted by Gasteiger charge is -2.29. The van der Waals surface area contributed by atoms with Gasteiger partial charge in [0.25, 0.3) is 0 Å². The van der Waals surface area contributed by atoms with Crippen LogP contribution in [0.1, 0.15) is 39.0 Å². The Bertz CT molecular complexity index is 433. The summed E-state index contributed by atoms with van der Waals surface area (Å²) >= 11 is 1.34. The van der Waals surface area contributed by atoms with Gasteiger partial charge in [-0.05, 0) is 30.9 Å². The molecule has 3 heteroatoms. The number of carbonyl (C=O) groups is 1. The van der Waals surface area contributed by atoms with Gasteiger partial charge >= 0.3 is 0 Å². The van der Waals surface area contributed by atoms with Gasteiger partial charge in [0, 0.05) is 10.8 Å². The molecule has 1 aromatic rings. The van der Waals surface area contributed by atoms with Crippen LogP contribution in [0, 0.1) is 17.7 Å². The van der Waals surface area contributed by atoms with Crippen LogP contribution in [0.15, 0.2) is 29.2 Å². The summed E-state index contributed by atoms with van der Waals surface area (Å²) in [7, 11) is 0. The Hall–Kier alpha value is -0.830.